The average molecular weight is 282 g/mol. The number of hydrogen-bond donors (Lipinski definition) is 1. The Balaban J connectivity index is 2.09. The third-order valence-electron chi connectivity index (χ3n) is 2.99. The predicted molar refractivity (Wildman–Crippen MR) is 78.3 cm³/mol. The first-order valence-corrected chi connectivity index (χ1v) is 7.09. The van der Waals surface area contributed by atoms with Crippen molar-refractivity contribution in [2.75, 3.05) is 19.6 Å². The molecule has 104 valence electrons. The minimum absolute atomic E-state index is 0.0830. The number of aliphatic imine (C=N–C) groups is 1. The van der Waals surface area contributed by atoms with Crippen LogP contribution in [0, 0.1) is 0 Å². The molecule has 1 aliphatic rings. The van der Waals surface area contributed by atoms with Crippen molar-refractivity contribution in [2.45, 2.75) is 26.4 Å². The summed E-state index contributed by atoms with van der Waals surface area (Å²) >= 11 is 6.04. The first-order valence-electron chi connectivity index (χ1n) is 6.72. The summed E-state index contributed by atoms with van der Waals surface area (Å²) in [6.45, 7) is 6.77. The van der Waals surface area contributed by atoms with Gasteiger partial charge in [-0.25, -0.2) is 4.99 Å². The number of hydroxylamine groups is 2. The standard InChI is InChI=1S/C14H20ClN3O/c1-3-16-9-8-13-17-14(18(4-2)19-13)11-6-5-7-12(15)10-11/h5-7,10,14,16H,3-4,8-9H2,1-2H3/t14-/m1/s1. The molecule has 1 aliphatic heterocycles. The van der Waals surface area contributed by atoms with E-state index in [0.29, 0.717) is 0 Å². The Morgan fingerprint density at radius 1 is 1.42 bits per heavy atom. The molecule has 0 radical (unpaired) electrons. The summed E-state index contributed by atoms with van der Waals surface area (Å²) in [5.74, 6) is 0.785. The van der Waals surface area contributed by atoms with Crippen LogP contribution in [0.25, 0.3) is 0 Å². The first-order chi connectivity index (χ1) is 9.24. The predicted octanol–water partition coefficient (Wildman–Crippen LogP) is 3.00. The van der Waals surface area contributed by atoms with Crippen LogP contribution in [0.15, 0.2) is 29.3 Å². The largest absolute Gasteiger partial charge is 0.388 e. The number of halogens is 1. The van der Waals surface area contributed by atoms with Gasteiger partial charge in [-0.05, 0) is 31.2 Å². The van der Waals surface area contributed by atoms with Crippen LogP contribution in [0.1, 0.15) is 32.0 Å². The Morgan fingerprint density at radius 2 is 2.26 bits per heavy atom. The molecule has 0 bridgehead atoms. The average Bonchev–Trinajstić information content (AvgIpc) is 2.82. The summed E-state index contributed by atoms with van der Waals surface area (Å²) in [7, 11) is 0. The molecule has 1 N–H and O–H groups in total. The highest BCUT2D eigenvalue weighted by molar-refractivity contribution is 6.30. The van der Waals surface area contributed by atoms with E-state index >= 15 is 0 Å². The molecule has 1 aromatic carbocycles. The number of nitrogens with zero attached hydrogens (tertiary/aromatic N) is 2. The van der Waals surface area contributed by atoms with E-state index in [1.807, 2.05) is 29.3 Å². The zero-order valence-electron chi connectivity index (χ0n) is 11.4. The molecule has 0 saturated carbocycles. The van der Waals surface area contributed by atoms with Gasteiger partial charge in [-0.3, -0.25) is 0 Å². The fourth-order valence-corrected chi connectivity index (χ4v) is 2.24. The Morgan fingerprint density at radius 3 is 2.95 bits per heavy atom. The van der Waals surface area contributed by atoms with Crippen molar-refractivity contribution >= 4 is 17.5 Å². The van der Waals surface area contributed by atoms with Gasteiger partial charge in [0.1, 0.15) is 0 Å². The zero-order chi connectivity index (χ0) is 13.7. The molecule has 0 aromatic heterocycles. The highest BCUT2D eigenvalue weighted by Crippen LogP contribution is 2.29. The molecule has 4 nitrogen and oxygen atoms in total. The second-order valence-electron chi connectivity index (χ2n) is 4.38. The maximum Gasteiger partial charge on any atom is 0.213 e. The first kappa shape index (κ1) is 14.3. The maximum atomic E-state index is 6.04. The summed E-state index contributed by atoms with van der Waals surface area (Å²) in [4.78, 5) is 10.4. The number of nitrogens with one attached hydrogen (secondary N) is 1. The molecule has 0 fully saturated rings. The lowest BCUT2D eigenvalue weighted by molar-refractivity contribution is -0.0815. The minimum atomic E-state index is -0.0830. The van der Waals surface area contributed by atoms with Gasteiger partial charge in [0.15, 0.2) is 6.17 Å². The van der Waals surface area contributed by atoms with Crippen molar-refractivity contribution in [3.63, 3.8) is 0 Å². The van der Waals surface area contributed by atoms with E-state index in [1.165, 1.54) is 0 Å². The van der Waals surface area contributed by atoms with Crippen molar-refractivity contribution in [3.8, 4) is 0 Å². The monoisotopic (exact) mass is 281 g/mol. The van der Waals surface area contributed by atoms with Crippen LogP contribution >= 0.6 is 11.6 Å². The lowest BCUT2D eigenvalue weighted by Gasteiger charge is -2.19. The number of rotatable bonds is 6. The third kappa shape index (κ3) is 3.69. The van der Waals surface area contributed by atoms with E-state index in [0.717, 1.165) is 42.5 Å². The molecule has 0 saturated heterocycles. The van der Waals surface area contributed by atoms with Crippen LogP contribution in [0.3, 0.4) is 0 Å². The Kier molecular flexibility index (Phi) is 5.19. The third-order valence-corrected chi connectivity index (χ3v) is 3.22. The summed E-state index contributed by atoms with van der Waals surface area (Å²) in [5, 5.41) is 5.88. The second kappa shape index (κ2) is 6.89. The van der Waals surface area contributed by atoms with Gasteiger partial charge in [0.25, 0.3) is 0 Å². The molecule has 0 aliphatic carbocycles. The van der Waals surface area contributed by atoms with E-state index in [-0.39, 0.29) is 6.17 Å². The van der Waals surface area contributed by atoms with E-state index in [1.54, 1.807) is 0 Å². The van der Waals surface area contributed by atoms with Gasteiger partial charge in [0.05, 0.1) is 0 Å². The van der Waals surface area contributed by atoms with E-state index in [9.17, 15) is 0 Å². The van der Waals surface area contributed by atoms with Gasteiger partial charge in [0.2, 0.25) is 5.90 Å². The minimum Gasteiger partial charge on any atom is -0.388 e. The van der Waals surface area contributed by atoms with E-state index < -0.39 is 0 Å². The van der Waals surface area contributed by atoms with Gasteiger partial charge >= 0.3 is 0 Å². The normalized spacial score (nSPS) is 19.3. The molecule has 1 heterocycles. The van der Waals surface area contributed by atoms with Gasteiger partial charge in [-0.1, -0.05) is 30.7 Å². The number of benzene rings is 1. The molecule has 0 spiro atoms. The molecule has 0 unspecified atom stereocenters. The van der Waals surface area contributed by atoms with Crippen LogP contribution in [-0.4, -0.2) is 30.6 Å². The van der Waals surface area contributed by atoms with Crippen LogP contribution in [0.5, 0.6) is 0 Å². The second-order valence-corrected chi connectivity index (χ2v) is 4.82. The van der Waals surface area contributed by atoms with Gasteiger partial charge < -0.3 is 10.2 Å². The summed E-state index contributed by atoms with van der Waals surface area (Å²) < 4.78 is 0. The Labute approximate surface area is 119 Å². The molecule has 5 heteroatoms. The molecular formula is C14H20ClN3O. The summed E-state index contributed by atoms with van der Waals surface area (Å²) in [5.41, 5.74) is 1.06. The summed E-state index contributed by atoms with van der Waals surface area (Å²) in [6, 6.07) is 7.78. The molecule has 2 rings (SSSR count). The Bertz CT molecular complexity index is 450. The van der Waals surface area contributed by atoms with Crippen molar-refractivity contribution < 1.29 is 4.84 Å². The van der Waals surface area contributed by atoms with Gasteiger partial charge in [-0.15, -0.1) is 5.06 Å². The Hall–Kier alpha value is -1.10. The zero-order valence-corrected chi connectivity index (χ0v) is 12.2. The van der Waals surface area contributed by atoms with Crippen molar-refractivity contribution in [2.24, 2.45) is 4.99 Å². The molecular weight excluding hydrogens is 262 g/mol. The number of hydrogen-bond acceptors (Lipinski definition) is 4. The fraction of sp³-hybridized carbons (Fsp3) is 0.500. The quantitative estimate of drug-likeness (QED) is 0.815. The van der Waals surface area contributed by atoms with Crippen molar-refractivity contribution in [3.05, 3.63) is 34.9 Å². The van der Waals surface area contributed by atoms with Gasteiger partial charge in [0, 0.05) is 24.5 Å². The molecule has 0 amide bonds. The SMILES string of the molecule is CCNCCC1=N[C@@H](c2cccc(Cl)c2)N(CC)O1. The highest BCUT2D eigenvalue weighted by Gasteiger charge is 2.28. The lowest BCUT2D eigenvalue weighted by Crippen LogP contribution is -2.24. The lowest BCUT2D eigenvalue weighted by atomic mass is 10.2. The van der Waals surface area contributed by atoms with E-state index in [4.69, 9.17) is 16.4 Å². The fourth-order valence-electron chi connectivity index (χ4n) is 2.04. The molecule has 1 aromatic rings. The van der Waals surface area contributed by atoms with Crippen LogP contribution < -0.4 is 5.32 Å². The van der Waals surface area contributed by atoms with Gasteiger partial charge in [-0.2, -0.15) is 0 Å². The highest BCUT2D eigenvalue weighted by atomic mass is 35.5. The topological polar surface area (TPSA) is 36.9 Å². The smallest absolute Gasteiger partial charge is 0.213 e. The van der Waals surface area contributed by atoms with E-state index in [2.05, 4.69) is 24.2 Å². The molecule has 19 heavy (non-hydrogen) atoms. The van der Waals surface area contributed by atoms with Crippen LogP contribution in [0.2, 0.25) is 5.02 Å². The van der Waals surface area contributed by atoms with Crippen molar-refractivity contribution in [1.29, 1.82) is 0 Å². The summed E-state index contributed by atoms with van der Waals surface area (Å²) in [6.07, 6.45) is 0.724. The van der Waals surface area contributed by atoms with Crippen LogP contribution in [-0.2, 0) is 4.84 Å². The van der Waals surface area contributed by atoms with Crippen LogP contribution in [0.4, 0.5) is 0 Å². The maximum absolute atomic E-state index is 6.04. The van der Waals surface area contributed by atoms with Crippen molar-refractivity contribution in [1.82, 2.24) is 10.4 Å². The molecule has 1 atom stereocenters.